The topological polar surface area (TPSA) is 41.5 Å². The standard InChI is InChI=1S/C14H21F2NO2/c1-3-17-14(2,10-18)9-8-11-4-6-12(7-5-11)19-13(15)16/h4-7,13,17-18H,3,8-10H2,1-2H3. The number of hydrogen-bond donors (Lipinski definition) is 2. The first-order valence-electron chi connectivity index (χ1n) is 6.39. The van der Waals surface area contributed by atoms with Crippen molar-refractivity contribution < 1.29 is 18.6 Å². The molecule has 0 spiro atoms. The highest BCUT2D eigenvalue weighted by molar-refractivity contribution is 5.27. The van der Waals surface area contributed by atoms with E-state index < -0.39 is 6.61 Å². The lowest BCUT2D eigenvalue weighted by molar-refractivity contribution is -0.0498. The summed E-state index contributed by atoms with van der Waals surface area (Å²) in [5.74, 6) is 0.162. The maximum atomic E-state index is 12.0. The summed E-state index contributed by atoms with van der Waals surface area (Å²) < 4.78 is 28.3. The molecule has 0 radical (unpaired) electrons. The van der Waals surface area contributed by atoms with Crippen molar-refractivity contribution in [2.75, 3.05) is 13.2 Å². The first-order valence-corrected chi connectivity index (χ1v) is 6.39. The number of benzene rings is 1. The zero-order chi connectivity index (χ0) is 14.3. The molecule has 1 rings (SSSR count). The molecule has 0 fully saturated rings. The van der Waals surface area contributed by atoms with E-state index in [1.807, 2.05) is 13.8 Å². The summed E-state index contributed by atoms with van der Waals surface area (Å²) in [5, 5.41) is 12.6. The van der Waals surface area contributed by atoms with Gasteiger partial charge in [-0.2, -0.15) is 8.78 Å². The Bertz CT molecular complexity index is 370. The van der Waals surface area contributed by atoms with Gasteiger partial charge in [0.1, 0.15) is 5.75 Å². The molecule has 1 aromatic rings. The number of nitrogens with one attached hydrogen (secondary N) is 1. The van der Waals surface area contributed by atoms with E-state index in [0.29, 0.717) is 0 Å². The van der Waals surface area contributed by atoms with Gasteiger partial charge < -0.3 is 15.2 Å². The van der Waals surface area contributed by atoms with Crippen molar-refractivity contribution in [1.82, 2.24) is 5.32 Å². The monoisotopic (exact) mass is 273 g/mol. The molecule has 0 amide bonds. The summed E-state index contributed by atoms with van der Waals surface area (Å²) in [6.45, 7) is 2.01. The number of alkyl halides is 2. The van der Waals surface area contributed by atoms with Crippen LogP contribution in [-0.2, 0) is 6.42 Å². The fourth-order valence-corrected chi connectivity index (χ4v) is 1.91. The molecule has 2 N–H and O–H groups in total. The zero-order valence-electron chi connectivity index (χ0n) is 11.3. The van der Waals surface area contributed by atoms with E-state index in [0.717, 1.165) is 24.9 Å². The van der Waals surface area contributed by atoms with Crippen LogP contribution in [0.5, 0.6) is 5.75 Å². The van der Waals surface area contributed by atoms with Crippen LogP contribution < -0.4 is 10.1 Å². The average Bonchev–Trinajstić information content (AvgIpc) is 2.38. The number of hydrogen-bond acceptors (Lipinski definition) is 3. The molecule has 19 heavy (non-hydrogen) atoms. The molecule has 0 aliphatic heterocycles. The van der Waals surface area contributed by atoms with Crippen LogP contribution in [0.1, 0.15) is 25.8 Å². The Hall–Kier alpha value is -1.20. The van der Waals surface area contributed by atoms with Gasteiger partial charge in [0.2, 0.25) is 0 Å². The van der Waals surface area contributed by atoms with Gasteiger partial charge in [0.15, 0.2) is 0 Å². The predicted octanol–water partition coefficient (Wildman–Crippen LogP) is 2.58. The molecule has 1 atom stereocenters. The average molecular weight is 273 g/mol. The van der Waals surface area contributed by atoms with Crippen LogP contribution >= 0.6 is 0 Å². The molecule has 0 aliphatic rings. The summed E-state index contributed by atoms with van der Waals surface area (Å²) >= 11 is 0. The summed E-state index contributed by atoms with van der Waals surface area (Å²) in [7, 11) is 0. The highest BCUT2D eigenvalue weighted by Crippen LogP contribution is 2.18. The number of rotatable bonds is 8. The van der Waals surface area contributed by atoms with Gasteiger partial charge in [-0.1, -0.05) is 19.1 Å². The summed E-state index contributed by atoms with van der Waals surface area (Å²) in [6.07, 6.45) is 1.53. The summed E-state index contributed by atoms with van der Waals surface area (Å²) in [5.41, 5.74) is 0.714. The number of aryl methyl sites for hydroxylation is 1. The minimum atomic E-state index is -2.79. The largest absolute Gasteiger partial charge is 0.435 e. The van der Waals surface area contributed by atoms with Gasteiger partial charge in [0, 0.05) is 5.54 Å². The molecular weight excluding hydrogens is 252 g/mol. The van der Waals surface area contributed by atoms with E-state index in [9.17, 15) is 13.9 Å². The maximum Gasteiger partial charge on any atom is 0.387 e. The number of aliphatic hydroxyl groups is 1. The van der Waals surface area contributed by atoms with Crippen molar-refractivity contribution in [3.8, 4) is 5.75 Å². The van der Waals surface area contributed by atoms with Gasteiger partial charge in [0.25, 0.3) is 0 Å². The minimum absolute atomic E-state index is 0.0629. The molecule has 0 aromatic heterocycles. The number of ether oxygens (including phenoxy) is 1. The molecule has 0 aliphatic carbocycles. The van der Waals surface area contributed by atoms with Crippen molar-refractivity contribution >= 4 is 0 Å². The normalized spacial score (nSPS) is 14.4. The van der Waals surface area contributed by atoms with E-state index in [4.69, 9.17) is 0 Å². The molecular formula is C14H21F2NO2. The first kappa shape index (κ1) is 15.9. The van der Waals surface area contributed by atoms with Crippen molar-refractivity contribution in [2.45, 2.75) is 38.8 Å². The molecule has 0 bridgehead atoms. The third kappa shape index (κ3) is 5.53. The number of aliphatic hydroxyl groups excluding tert-OH is 1. The Balaban J connectivity index is 2.53. The van der Waals surface area contributed by atoms with E-state index in [2.05, 4.69) is 10.1 Å². The smallest absolute Gasteiger partial charge is 0.387 e. The van der Waals surface area contributed by atoms with Gasteiger partial charge in [-0.05, 0) is 44.0 Å². The Morgan fingerprint density at radius 3 is 2.42 bits per heavy atom. The molecule has 3 nitrogen and oxygen atoms in total. The van der Waals surface area contributed by atoms with Crippen LogP contribution in [0.3, 0.4) is 0 Å². The maximum absolute atomic E-state index is 12.0. The number of likely N-dealkylation sites (N-methyl/N-ethyl adjacent to an activating group) is 1. The Kier molecular flexibility index (Phi) is 6.18. The third-order valence-electron chi connectivity index (χ3n) is 3.07. The highest BCUT2D eigenvalue weighted by atomic mass is 19.3. The molecule has 0 heterocycles. The fourth-order valence-electron chi connectivity index (χ4n) is 1.91. The van der Waals surface area contributed by atoms with Crippen molar-refractivity contribution in [3.63, 3.8) is 0 Å². The molecule has 0 saturated carbocycles. The fraction of sp³-hybridized carbons (Fsp3) is 0.571. The Morgan fingerprint density at radius 1 is 1.32 bits per heavy atom. The number of halogens is 2. The first-order chi connectivity index (χ1) is 8.99. The van der Waals surface area contributed by atoms with E-state index in [-0.39, 0.29) is 17.9 Å². The van der Waals surface area contributed by atoms with Crippen LogP contribution in [-0.4, -0.2) is 30.4 Å². The Morgan fingerprint density at radius 2 is 1.95 bits per heavy atom. The van der Waals surface area contributed by atoms with Crippen molar-refractivity contribution in [1.29, 1.82) is 0 Å². The second kappa shape index (κ2) is 7.40. The van der Waals surface area contributed by atoms with E-state index >= 15 is 0 Å². The second-order valence-electron chi connectivity index (χ2n) is 4.77. The lowest BCUT2D eigenvalue weighted by Gasteiger charge is -2.28. The molecule has 0 saturated heterocycles. The van der Waals surface area contributed by atoms with Crippen molar-refractivity contribution in [3.05, 3.63) is 29.8 Å². The molecule has 108 valence electrons. The van der Waals surface area contributed by atoms with E-state index in [1.165, 1.54) is 12.1 Å². The van der Waals surface area contributed by atoms with Crippen LogP contribution in [0.4, 0.5) is 8.78 Å². The van der Waals surface area contributed by atoms with Crippen LogP contribution in [0, 0.1) is 0 Å². The van der Waals surface area contributed by atoms with Crippen LogP contribution in [0.2, 0.25) is 0 Å². The van der Waals surface area contributed by atoms with E-state index in [1.54, 1.807) is 12.1 Å². The van der Waals surface area contributed by atoms with Crippen LogP contribution in [0.15, 0.2) is 24.3 Å². The molecule has 5 heteroatoms. The predicted molar refractivity (Wildman–Crippen MR) is 70.6 cm³/mol. The van der Waals surface area contributed by atoms with Gasteiger partial charge in [0.05, 0.1) is 6.61 Å². The minimum Gasteiger partial charge on any atom is -0.435 e. The lowest BCUT2D eigenvalue weighted by atomic mass is 9.94. The highest BCUT2D eigenvalue weighted by Gasteiger charge is 2.21. The SMILES string of the molecule is CCNC(C)(CO)CCc1ccc(OC(F)F)cc1. The third-order valence-corrected chi connectivity index (χ3v) is 3.07. The second-order valence-corrected chi connectivity index (χ2v) is 4.77. The lowest BCUT2D eigenvalue weighted by Crippen LogP contribution is -2.45. The summed E-state index contributed by atoms with van der Waals surface area (Å²) in [6, 6.07) is 6.60. The van der Waals surface area contributed by atoms with Gasteiger partial charge in [-0.15, -0.1) is 0 Å². The van der Waals surface area contributed by atoms with Crippen molar-refractivity contribution in [2.24, 2.45) is 0 Å². The van der Waals surface area contributed by atoms with Crippen LogP contribution in [0.25, 0.3) is 0 Å². The zero-order valence-corrected chi connectivity index (χ0v) is 11.3. The quantitative estimate of drug-likeness (QED) is 0.765. The summed E-state index contributed by atoms with van der Waals surface area (Å²) in [4.78, 5) is 0. The molecule has 1 aromatic carbocycles. The van der Waals surface area contributed by atoms with Gasteiger partial charge in [-0.25, -0.2) is 0 Å². The Labute approximate surface area is 112 Å². The van der Waals surface area contributed by atoms with Gasteiger partial charge in [-0.3, -0.25) is 0 Å². The molecule has 1 unspecified atom stereocenters. The van der Waals surface area contributed by atoms with Gasteiger partial charge >= 0.3 is 6.61 Å².